The summed E-state index contributed by atoms with van der Waals surface area (Å²) < 4.78 is 0. The van der Waals surface area contributed by atoms with Gasteiger partial charge in [-0.2, -0.15) is 0 Å². The van der Waals surface area contributed by atoms with E-state index in [4.69, 9.17) is 0 Å². The third-order valence-electron chi connectivity index (χ3n) is 3.63. The van der Waals surface area contributed by atoms with Crippen LogP contribution in [0.4, 0.5) is 5.69 Å². The van der Waals surface area contributed by atoms with E-state index in [1.807, 2.05) is 19.1 Å². The van der Waals surface area contributed by atoms with Crippen LogP contribution in [0, 0.1) is 6.92 Å². The zero-order valence-electron chi connectivity index (χ0n) is 11.8. The Kier molecular flexibility index (Phi) is 4.27. The molecule has 1 aliphatic heterocycles. The number of carbonyl (C=O) groups is 2. The second-order valence-electron chi connectivity index (χ2n) is 5.29. The van der Waals surface area contributed by atoms with E-state index in [0.717, 1.165) is 37.2 Å². The van der Waals surface area contributed by atoms with Gasteiger partial charge in [-0.3, -0.25) is 4.79 Å². The molecule has 0 saturated carbocycles. The number of benzene rings is 1. The average Bonchev–Trinajstić information content (AvgIpc) is 2.39. The highest BCUT2D eigenvalue weighted by molar-refractivity contribution is 5.94. The van der Waals surface area contributed by atoms with Crippen LogP contribution in [0.15, 0.2) is 18.2 Å². The highest BCUT2D eigenvalue weighted by atomic mass is 16.4. The maximum Gasteiger partial charge on any atom is 0.337 e. The molecule has 1 heterocycles. The molecule has 0 aliphatic carbocycles. The molecule has 20 heavy (non-hydrogen) atoms. The van der Waals surface area contributed by atoms with Crippen LogP contribution < -0.4 is 10.2 Å². The van der Waals surface area contributed by atoms with E-state index in [1.54, 1.807) is 6.07 Å². The van der Waals surface area contributed by atoms with E-state index in [9.17, 15) is 14.7 Å². The minimum Gasteiger partial charge on any atom is -0.478 e. The van der Waals surface area contributed by atoms with E-state index in [1.165, 1.54) is 6.92 Å². The lowest BCUT2D eigenvalue weighted by Gasteiger charge is -2.34. The first-order valence-electron chi connectivity index (χ1n) is 6.83. The number of nitrogens with one attached hydrogen (secondary N) is 1. The SMILES string of the molecule is CC(=O)NC1CCN(c2ccc(C)cc2C(=O)O)CC1. The molecular weight excluding hydrogens is 256 g/mol. The van der Waals surface area contributed by atoms with Crippen LogP contribution in [0.25, 0.3) is 0 Å². The van der Waals surface area contributed by atoms with Gasteiger partial charge in [-0.1, -0.05) is 11.6 Å². The van der Waals surface area contributed by atoms with Gasteiger partial charge in [0.2, 0.25) is 5.91 Å². The Morgan fingerprint density at radius 2 is 1.95 bits per heavy atom. The number of hydrogen-bond acceptors (Lipinski definition) is 3. The van der Waals surface area contributed by atoms with Crippen LogP contribution in [-0.4, -0.2) is 36.1 Å². The second-order valence-corrected chi connectivity index (χ2v) is 5.29. The number of hydrogen-bond donors (Lipinski definition) is 2. The summed E-state index contributed by atoms with van der Waals surface area (Å²) in [5, 5.41) is 12.2. The lowest BCUT2D eigenvalue weighted by atomic mass is 10.0. The van der Waals surface area contributed by atoms with Crippen LogP contribution in [0.5, 0.6) is 0 Å². The van der Waals surface area contributed by atoms with Gasteiger partial charge in [-0.15, -0.1) is 0 Å². The fourth-order valence-corrected chi connectivity index (χ4v) is 2.65. The molecule has 2 N–H and O–H groups in total. The van der Waals surface area contributed by atoms with Gasteiger partial charge in [0, 0.05) is 26.1 Å². The molecule has 0 aromatic heterocycles. The van der Waals surface area contributed by atoms with Crippen molar-refractivity contribution in [2.75, 3.05) is 18.0 Å². The van der Waals surface area contributed by atoms with E-state index in [2.05, 4.69) is 10.2 Å². The average molecular weight is 276 g/mol. The first-order chi connectivity index (χ1) is 9.47. The van der Waals surface area contributed by atoms with Gasteiger partial charge in [0.25, 0.3) is 0 Å². The Hall–Kier alpha value is -2.04. The molecule has 5 nitrogen and oxygen atoms in total. The molecule has 0 spiro atoms. The fourth-order valence-electron chi connectivity index (χ4n) is 2.65. The Bertz CT molecular complexity index is 520. The fraction of sp³-hybridized carbons (Fsp3) is 0.467. The summed E-state index contributed by atoms with van der Waals surface area (Å²) in [4.78, 5) is 24.5. The second kappa shape index (κ2) is 5.94. The van der Waals surface area contributed by atoms with Crippen LogP contribution in [0.2, 0.25) is 0 Å². The van der Waals surface area contributed by atoms with Crippen LogP contribution in [-0.2, 0) is 4.79 Å². The van der Waals surface area contributed by atoms with E-state index in [-0.39, 0.29) is 11.9 Å². The predicted molar refractivity (Wildman–Crippen MR) is 77.2 cm³/mol. The summed E-state index contributed by atoms with van der Waals surface area (Å²) in [6.07, 6.45) is 1.68. The van der Waals surface area contributed by atoms with E-state index < -0.39 is 5.97 Å². The largest absolute Gasteiger partial charge is 0.478 e. The van der Waals surface area contributed by atoms with Crippen molar-refractivity contribution in [2.45, 2.75) is 32.7 Å². The number of piperidine rings is 1. The van der Waals surface area contributed by atoms with Crippen molar-refractivity contribution in [2.24, 2.45) is 0 Å². The van der Waals surface area contributed by atoms with Crippen molar-refractivity contribution in [3.05, 3.63) is 29.3 Å². The number of carboxylic acid groups (broad SMARTS) is 1. The monoisotopic (exact) mass is 276 g/mol. The summed E-state index contributed by atoms with van der Waals surface area (Å²) in [7, 11) is 0. The van der Waals surface area contributed by atoms with Crippen molar-refractivity contribution >= 4 is 17.6 Å². The first-order valence-corrected chi connectivity index (χ1v) is 6.83. The topological polar surface area (TPSA) is 69.6 Å². The van der Waals surface area contributed by atoms with Gasteiger partial charge in [0.1, 0.15) is 0 Å². The standard InChI is InChI=1S/C15H20N2O3/c1-10-3-4-14(13(9-10)15(19)20)17-7-5-12(6-8-17)16-11(2)18/h3-4,9,12H,5-8H2,1-2H3,(H,16,18)(H,19,20). The molecular formula is C15H20N2O3. The van der Waals surface area contributed by atoms with Crippen molar-refractivity contribution < 1.29 is 14.7 Å². The van der Waals surface area contributed by atoms with Crippen molar-refractivity contribution in [1.29, 1.82) is 0 Å². The van der Waals surface area contributed by atoms with Crippen molar-refractivity contribution in [1.82, 2.24) is 5.32 Å². The smallest absolute Gasteiger partial charge is 0.337 e. The van der Waals surface area contributed by atoms with Crippen LogP contribution in [0.3, 0.4) is 0 Å². The summed E-state index contributed by atoms with van der Waals surface area (Å²) in [5.41, 5.74) is 2.06. The molecule has 1 saturated heterocycles. The molecule has 0 bridgehead atoms. The Morgan fingerprint density at radius 3 is 2.50 bits per heavy atom. The quantitative estimate of drug-likeness (QED) is 0.883. The molecule has 1 aliphatic rings. The molecule has 1 aromatic rings. The summed E-state index contributed by atoms with van der Waals surface area (Å²) in [6, 6.07) is 5.71. The number of rotatable bonds is 3. The molecule has 5 heteroatoms. The number of carboxylic acids is 1. The number of aryl methyl sites for hydroxylation is 1. The molecule has 0 radical (unpaired) electrons. The maximum absolute atomic E-state index is 11.3. The number of nitrogens with zero attached hydrogens (tertiary/aromatic N) is 1. The van der Waals surface area contributed by atoms with Gasteiger partial charge in [-0.05, 0) is 31.9 Å². The van der Waals surface area contributed by atoms with Gasteiger partial charge in [0.15, 0.2) is 0 Å². The van der Waals surface area contributed by atoms with Crippen LogP contribution >= 0.6 is 0 Å². The summed E-state index contributed by atoms with van der Waals surface area (Å²) in [6.45, 7) is 4.93. The van der Waals surface area contributed by atoms with Gasteiger partial charge in [-0.25, -0.2) is 4.79 Å². The van der Waals surface area contributed by atoms with Crippen LogP contribution in [0.1, 0.15) is 35.7 Å². The Morgan fingerprint density at radius 1 is 1.30 bits per heavy atom. The zero-order valence-corrected chi connectivity index (χ0v) is 11.8. The van der Waals surface area contributed by atoms with Crippen molar-refractivity contribution in [3.63, 3.8) is 0 Å². The summed E-state index contributed by atoms with van der Waals surface area (Å²) in [5.74, 6) is -0.905. The van der Waals surface area contributed by atoms with Gasteiger partial charge in [0.05, 0.1) is 11.3 Å². The van der Waals surface area contributed by atoms with E-state index in [0.29, 0.717) is 5.56 Å². The molecule has 1 fully saturated rings. The number of aromatic carboxylic acids is 1. The Labute approximate surface area is 118 Å². The minimum absolute atomic E-state index is 0.00925. The molecule has 2 rings (SSSR count). The highest BCUT2D eigenvalue weighted by Crippen LogP contribution is 2.25. The summed E-state index contributed by atoms with van der Waals surface area (Å²) >= 11 is 0. The predicted octanol–water partition coefficient (Wildman–Crippen LogP) is 1.80. The van der Waals surface area contributed by atoms with Gasteiger partial charge < -0.3 is 15.3 Å². The van der Waals surface area contributed by atoms with Crippen molar-refractivity contribution in [3.8, 4) is 0 Å². The van der Waals surface area contributed by atoms with Gasteiger partial charge >= 0.3 is 5.97 Å². The third-order valence-corrected chi connectivity index (χ3v) is 3.63. The number of amides is 1. The molecule has 1 aromatic carbocycles. The lowest BCUT2D eigenvalue weighted by Crippen LogP contribution is -2.44. The minimum atomic E-state index is -0.896. The Balaban J connectivity index is 2.11. The maximum atomic E-state index is 11.3. The third kappa shape index (κ3) is 3.29. The van der Waals surface area contributed by atoms with E-state index >= 15 is 0 Å². The molecule has 1 amide bonds. The lowest BCUT2D eigenvalue weighted by molar-refractivity contribution is -0.119. The molecule has 0 unspecified atom stereocenters. The molecule has 108 valence electrons. The first kappa shape index (κ1) is 14.4. The normalized spacial score (nSPS) is 16.0. The highest BCUT2D eigenvalue weighted by Gasteiger charge is 2.23. The number of anilines is 1. The number of carbonyl (C=O) groups excluding carboxylic acids is 1. The molecule has 0 atom stereocenters. The zero-order chi connectivity index (χ0) is 14.7.